The van der Waals surface area contributed by atoms with Crippen molar-refractivity contribution in [3.63, 3.8) is 0 Å². The third-order valence-corrected chi connectivity index (χ3v) is 3.73. The minimum atomic E-state index is 0.214. The highest BCUT2D eigenvalue weighted by atomic mass is 16.5. The van der Waals surface area contributed by atoms with E-state index in [1.54, 1.807) is 0 Å². The average molecular weight is 277 g/mol. The van der Waals surface area contributed by atoms with Gasteiger partial charge in [0.1, 0.15) is 6.10 Å². The fourth-order valence-electron chi connectivity index (χ4n) is 2.50. The smallest absolute Gasteiger partial charge is 0.161 e. The fraction of sp³-hybridized carbons (Fsp3) is 0.647. The predicted octanol–water partition coefficient (Wildman–Crippen LogP) is 3.49. The van der Waals surface area contributed by atoms with Crippen LogP contribution in [0.4, 0.5) is 0 Å². The lowest BCUT2D eigenvalue weighted by Gasteiger charge is -2.29. The van der Waals surface area contributed by atoms with E-state index < -0.39 is 0 Å². The van der Waals surface area contributed by atoms with Crippen LogP contribution in [-0.4, -0.2) is 25.8 Å². The quantitative estimate of drug-likeness (QED) is 0.863. The molecule has 0 bridgehead atoms. The molecule has 0 radical (unpaired) electrons. The van der Waals surface area contributed by atoms with E-state index in [1.807, 2.05) is 24.3 Å². The van der Waals surface area contributed by atoms with Gasteiger partial charge in [0.25, 0.3) is 0 Å². The Kier molecular flexibility index (Phi) is 5.72. The van der Waals surface area contributed by atoms with Crippen LogP contribution in [0.3, 0.4) is 0 Å². The molecule has 2 rings (SSSR count). The number of benzene rings is 1. The second-order valence-electron chi connectivity index (χ2n) is 6.08. The molecule has 0 aliphatic carbocycles. The summed E-state index contributed by atoms with van der Waals surface area (Å²) in [6.45, 7) is 9.38. The highest BCUT2D eigenvalue weighted by Crippen LogP contribution is 2.30. The molecule has 20 heavy (non-hydrogen) atoms. The second-order valence-corrected chi connectivity index (χ2v) is 6.08. The molecule has 1 aromatic rings. The summed E-state index contributed by atoms with van der Waals surface area (Å²) in [4.78, 5) is 0. The van der Waals surface area contributed by atoms with E-state index >= 15 is 0 Å². The Morgan fingerprint density at radius 1 is 1.20 bits per heavy atom. The van der Waals surface area contributed by atoms with Crippen LogP contribution in [0.5, 0.6) is 11.5 Å². The van der Waals surface area contributed by atoms with Gasteiger partial charge < -0.3 is 14.8 Å². The SMILES string of the molecule is CC(C)COc1ccccc1O[C@@H](C)C1CCCNC1. The molecule has 0 spiro atoms. The maximum absolute atomic E-state index is 6.15. The Hall–Kier alpha value is -1.22. The zero-order valence-corrected chi connectivity index (χ0v) is 12.9. The number of ether oxygens (including phenoxy) is 2. The zero-order valence-electron chi connectivity index (χ0n) is 12.9. The van der Waals surface area contributed by atoms with Gasteiger partial charge in [-0.1, -0.05) is 26.0 Å². The van der Waals surface area contributed by atoms with Gasteiger partial charge in [0, 0.05) is 12.5 Å². The molecule has 112 valence electrons. The Morgan fingerprint density at radius 3 is 2.60 bits per heavy atom. The van der Waals surface area contributed by atoms with Gasteiger partial charge in [0.05, 0.1) is 6.61 Å². The molecular formula is C17H27NO2. The van der Waals surface area contributed by atoms with Crippen LogP contribution < -0.4 is 14.8 Å². The van der Waals surface area contributed by atoms with E-state index in [9.17, 15) is 0 Å². The second kappa shape index (κ2) is 7.53. The summed E-state index contributed by atoms with van der Waals surface area (Å²) in [7, 11) is 0. The number of hydrogen-bond acceptors (Lipinski definition) is 3. The lowest BCUT2D eigenvalue weighted by Crippen LogP contribution is -2.37. The van der Waals surface area contributed by atoms with Gasteiger partial charge in [0.15, 0.2) is 11.5 Å². The minimum absolute atomic E-state index is 0.214. The van der Waals surface area contributed by atoms with Crippen LogP contribution in [0.2, 0.25) is 0 Å². The maximum Gasteiger partial charge on any atom is 0.161 e. The zero-order chi connectivity index (χ0) is 14.4. The molecule has 1 aliphatic heterocycles. The Balaban J connectivity index is 1.96. The molecule has 3 heteroatoms. The topological polar surface area (TPSA) is 30.5 Å². The van der Waals surface area contributed by atoms with Gasteiger partial charge in [-0.2, -0.15) is 0 Å². The van der Waals surface area contributed by atoms with Gasteiger partial charge in [0.2, 0.25) is 0 Å². The van der Waals surface area contributed by atoms with Crippen molar-refractivity contribution in [2.45, 2.75) is 39.7 Å². The summed E-state index contributed by atoms with van der Waals surface area (Å²) >= 11 is 0. The first-order chi connectivity index (χ1) is 9.66. The van der Waals surface area contributed by atoms with Gasteiger partial charge in [-0.25, -0.2) is 0 Å². The van der Waals surface area contributed by atoms with E-state index in [0.717, 1.165) is 31.2 Å². The molecule has 1 fully saturated rings. The Labute approximate surface area is 122 Å². The van der Waals surface area contributed by atoms with E-state index in [4.69, 9.17) is 9.47 Å². The fourth-order valence-corrected chi connectivity index (χ4v) is 2.50. The summed E-state index contributed by atoms with van der Waals surface area (Å²) in [6, 6.07) is 7.99. The van der Waals surface area contributed by atoms with E-state index in [0.29, 0.717) is 11.8 Å². The molecular weight excluding hydrogens is 250 g/mol. The monoisotopic (exact) mass is 277 g/mol. The van der Waals surface area contributed by atoms with Crippen molar-refractivity contribution in [2.75, 3.05) is 19.7 Å². The molecule has 1 N–H and O–H groups in total. The van der Waals surface area contributed by atoms with Crippen LogP contribution in [-0.2, 0) is 0 Å². The maximum atomic E-state index is 6.15. The van der Waals surface area contributed by atoms with Crippen molar-refractivity contribution in [1.82, 2.24) is 5.32 Å². The van der Waals surface area contributed by atoms with Crippen LogP contribution in [0.15, 0.2) is 24.3 Å². The molecule has 0 saturated carbocycles. The summed E-state index contributed by atoms with van der Waals surface area (Å²) in [5.74, 6) is 2.83. The lowest BCUT2D eigenvalue weighted by atomic mass is 9.94. The molecule has 3 nitrogen and oxygen atoms in total. The normalized spacial score (nSPS) is 20.7. The van der Waals surface area contributed by atoms with E-state index in [2.05, 4.69) is 26.1 Å². The van der Waals surface area contributed by atoms with Crippen LogP contribution in [0.1, 0.15) is 33.6 Å². The van der Waals surface area contributed by atoms with Crippen LogP contribution in [0.25, 0.3) is 0 Å². The van der Waals surface area contributed by atoms with E-state index in [1.165, 1.54) is 12.8 Å². The molecule has 1 heterocycles. The number of piperidine rings is 1. The summed E-state index contributed by atoms with van der Waals surface area (Å²) < 4.78 is 12.0. The Bertz CT molecular complexity index is 400. The summed E-state index contributed by atoms with van der Waals surface area (Å²) in [5, 5.41) is 3.44. The molecule has 0 amide bonds. The van der Waals surface area contributed by atoms with Crippen molar-refractivity contribution >= 4 is 0 Å². The minimum Gasteiger partial charge on any atom is -0.489 e. The molecule has 1 unspecified atom stereocenters. The van der Waals surface area contributed by atoms with Crippen LogP contribution >= 0.6 is 0 Å². The van der Waals surface area contributed by atoms with Crippen molar-refractivity contribution in [1.29, 1.82) is 0 Å². The van der Waals surface area contributed by atoms with Crippen molar-refractivity contribution in [3.05, 3.63) is 24.3 Å². The largest absolute Gasteiger partial charge is 0.489 e. The number of rotatable bonds is 6. The Morgan fingerprint density at radius 2 is 1.95 bits per heavy atom. The summed E-state index contributed by atoms with van der Waals surface area (Å²) in [6.07, 6.45) is 2.69. The predicted molar refractivity (Wildman–Crippen MR) is 82.5 cm³/mol. The molecule has 1 aromatic carbocycles. The molecule has 1 aliphatic rings. The van der Waals surface area contributed by atoms with Crippen LogP contribution in [0, 0.1) is 11.8 Å². The lowest BCUT2D eigenvalue weighted by molar-refractivity contribution is 0.124. The number of nitrogens with one attached hydrogen (secondary N) is 1. The van der Waals surface area contributed by atoms with Gasteiger partial charge in [-0.3, -0.25) is 0 Å². The average Bonchev–Trinajstić information content (AvgIpc) is 2.47. The first-order valence-corrected chi connectivity index (χ1v) is 7.76. The van der Waals surface area contributed by atoms with Gasteiger partial charge in [-0.05, 0) is 44.4 Å². The van der Waals surface area contributed by atoms with Crippen molar-refractivity contribution in [3.8, 4) is 11.5 Å². The first kappa shape index (κ1) is 15.2. The standard InChI is InChI=1S/C17H27NO2/c1-13(2)12-19-16-8-4-5-9-17(16)20-14(3)15-7-6-10-18-11-15/h4-5,8-9,13-15,18H,6-7,10-12H2,1-3H3/t14-,15?/m0/s1. The third kappa shape index (κ3) is 4.41. The number of para-hydroxylation sites is 2. The summed E-state index contributed by atoms with van der Waals surface area (Å²) in [5.41, 5.74) is 0. The highest BCUT2D eigenvalue weighted by Gasteiger charge is 2.22. The van der Waals surface area contributed by atoms with Crippen molar-refractivity contribution < 1.29 is 9.47 Å². The number of hydrogen-bond donors (Lipinski definition) is 1. The van der Waals surface area contributed by atoms with Gasteiger partial charge >= 0.3 is 0 Å². The first-order valence-electron chi connectivity index (χ1n) is 7.76. The van der Waals surface area contributed by atoms with Crippen molar-refractivity contribution in [2.24, 2.45) is 11.8 Å². The molecule has 0 aromatic heterocycles. The molecule has 1 saturated heterocycles. The van der Waals surface area contributed by atoms with Gasteiger partial charge in [-0.15, -0.1) is 0 Å². The highest BCUT2D eigenvalue weighted by molar-refractivity contribution is 5.39. The van der Waals surface area contributed by atoms with E-state index in [-0.39, 0.29) is 6.10 Å². The third-order valence-electron chi connectivity index (χ3n) is 3.73. The molecule has 2 atom stereocenters.